The van der Waals surface area contributed by atoms with Crippen LogP contribution in [0.5, 0.6) is 5.75 Å². The van der Waals surface area contributed by atoms with Crippen LogP contribution in [0.4, 0.5) is 0 Å². The van der Waals surface area contributed by atoms with Crippen molar-refractivity contribution in [3.05, 3.63) is 59.9 Å². The number of hydrogen-bond donors (Lipinski definition) is 0. The van der Waals surface area contributed by atoms with Crippen molar-refractivity contribution in [1.82, 2.24) is 24.6 Å². The van der Waals surface area contributed by atoms with Gasteiger partial charge in [0.1, 0.15) is 17.1 Å². The molecule has 0 N–H and O–H groups in total. The largest absolute Gasteiger partial charge is 0.497 e. The molecule has 1 aliphatic rings. The molecule has 0 saturated carbocycles. The normalized spacial score (nSPS) is 16.4. The first-order valence-corrected chi connectivity index (χ1v) is 12.4. The zero-order valence-electron chi connectivity index (χ0n) is 17.7. The predicted molar refractivity (Wildman–Crippen MR) is 127 cm³/mol. The highest BCUT2D eigenvalue weighted by Crippen LogP contribution is 2.36. The van der Waals surface area contributed by atoms with Gasteiger partial charge in [0.25, 0.3) is 0 Å². The van der Waals surface area contributed by atoms with Crippen molar-refractivity contribution >= 4 is 39.2 Å². The summed E-state index contributed by atoms with van der Waals surface area (Å²) in [7, 11) is 1.64. The van der Waals surface area contributed by atoms with Gasteiger partial charge in [-0.1, -0.05) is 23.9 Å². The molecule has 1 aliphatic heterocycles. The number of aromatic nitrogens is 4. The van der Waals surface area contributed by atoms with Gasteiger partial charge in [0, 0.05) is 12.2 Å². The van der Waals surface area contributed by atoms with Crippen molar-refractivity contribution in [2.75, 3.05) is 19.4 Å². The third-order valence-corrected chi connectivity index (χ3v) is 7.68. The van der Waals surface area contributed by atoms with Crippen molar-refractivity contribution < 1.29 is 9.53 Å². The molecule has 1 fully saturated rings. The quantitative estimate of drug-likeness (QED) is 0.383. The van der Waals surface area contributed by atoms with Crippen LogP contribution in [0.25, 0.3) is 15.9 Å². The van der Waals surface area contributed by atoms with E-state index in [4.69, 9.17) is 9.72 Å². The zero-order valence-corrected chi connectivity index (χ0v) is 19.3. The lowest BCUT2D eigenvalue weighted by molar-refractivity contribution is -0.132. The number of nitrogens with zero attached hydrogens (tertiary/aromatic N) is 5. The predicted octanol–water partition coefficient (Wildman–Crippen LogP) is 4.73. The Bertz CT molecular complexity index is 1190. The summed E-state index contributed by atoms with van der Waals surface area (Å²) in [5, 5.41) is 9.99. The summed E-state index contributed by atoms with van der Waals surface area (Å²) in [6.45, 7) is 0.769. The lowest BCUT2D eigenvalue weighted by Crippen LogP contribution is -2.39. The molecule has 9 heteroatoms. The third-order valence-electron chi connectivity index (χ3n) is 5.61. The van der Waals surface area contributed by atoms with Gasteiger partial charge >= 0.3 is 0 Å². The lowest BCUT2D eigenvalue weighted by Gasteiger charge is -2.34. The molecule has 1 unspecified atom stereocenters. The molecule has 4 aromatic rings. The van der Waals surface area contributed by atoms with Gasteiger partial charge in [-0.25, -0.2) is 4.98 Å². The maximum Gasteiger partial charge on any atom is 0.233 e. The number of hydrogen-bond acceptors (Lipinski definition) is 7. The molecule has 164 valence electrons. The Morgan fingerprint density at radius 1 is 1.19 bits per heavy atom. The Labute approximate surface area is 194 Å². The highest BCUT2D eigenvalue weighted by molar-refractivity contribution is 7.99. The maximum atomic E-state index is 13.2. The van der Waals surface area contributed by atoms with Gasteiger partial charge in [-0.05, 0) is 55.7 Å². The van der Waals surface area contributed by atoms with E-state index in [9.17, 15) is 4.79 Å². The number of thiazole rings is 1. The number of piperidine rings is 1. The number of rotatable bonds is 6. The van der Waals surface area contributed by atoms with E-state index in [-0.39, 0.29) is 11.9 Å². The highest BCUT2D eigenvalue weighted by Gasteiger charge is 2.30. The van der Waals surface area contributed by atoms with Gasteiger partial charge in [-0.2, -0.15) is 0 Å². The van der Waals surface area contributed by atoms with E-state index < -0.39 is 0 Å². The topological polar surface area (TPSA) is 73.1 Å². The lowest BCUT2D eigenvalue weighted by atomic mass is 10.0. The Morgan fingerprint density at radius 3 is 2.84 bits per heavy atom. The number of likely N-dealkylation sites (tertiary alicyclic amines) is 1. The monoisotopic (exact) mass is 465 g/mol. The fourth-order valence-electron chi connectivity index (χ4n) is 3.97. The van der Waals surface area contributed by atoms with Crippen molar-refractivity contribution in [3.63, 3.8) is 0 Å². The third kappa shape index (κ3) is 4.22. The standard InChI is InChI=1S/C23H23N5O2S2/c1-30-17-11-9-16(10-12-17)28-15-24-26-23(28)31-14-21(29)27-13-5-4-7-19(27)22-25-18-6-2-3-8-20(18)32-22/h2-3,6,8-12,15,19H,4-5,7,13-14H2,1H3. The zero-order chi connectivity index (χ0) is 21.9. The van der Waals surface area contributed by atoms with Crippen LogP contribution in [0, 0.1) is 0 Å². The van der Waals surface area contributed by atoms with Crippen LogP contribution >= 0.6 is 23.1 Å². The first-order valence-electron chi connectivity index (χ1n) is 10.5. The summed E-state index contributed by atoms with van der Waals surface area (Å²) in [4.78, 5) is 20.1. The van der Waals surface area contributed by atoms with Crippen LogP contribution in [0.3, 0.4) is 0 Å². The number of ether oxygens (including phenoxy) is 1. The van der Waals surface area contributed by atoms with E-state index in [2.05, 4.69) is 16.3 Å². The fourth-order valence-corrected chi connectivity index (χ4v) is 5.90. The van der Waals surface area contributed by atoms with Gasteiger partial charge < -0.3 is 9.64 Å². The van der Waals surface area contributed by atoms with Crippen molar-refractivity contribution in [2.45, 2.75) is 30.5 Å². The first kappa shape index (κ1) is 21.0. The molecule has 0 spiro atoms. The summed E-state index contributed by atoms with van der Waals surface area (Å²) < 4.78 is 8.28. The van der Waals surface area contributed by atoms with E-state index in [0.29, 0.717) is 10.9 Å². The van der Waals surface area contributed by atoms with Gasteiger partial charge in [-0.3, -0.25) is 9.36 Å². The van der Waals surface area contributed by atoms with E-state index in [1.54, 1.807) is 24.8 Å². The Balaban J connectivity index is 1.30. The average molecular weight is 466 g/mol. The van der Waals surface area contributed by atoms with Gasteiger partial charge in [-0.15, -0.1) is 21.5 Å². The van der Waals surface area contributed by atoms with Crippen LogP contribution in [-0.4, -0.2) is 50.0 Å². The molecule has 32 heavy (non-hydrogen) atoms. The molecule has 1 atom stereocenters. The Hall–Kier alpha value is -2.91. The van der Waals surface area contributed by atoms with E-state index in [1.165, 1.54) is 16.5 Å². The number of carbonyl (C=O) groups is 1. The minimum absolute atomic E-state index is 0.0497. The Morgan fingerprint density at radius 2 is 2.03 bits per heavy atom. The van der Waals surface area contributed by atoms with E-state index >= 15 is 0 Å². The van der Waals surface area contributed by atoms with Gasteiger partial charge in [0.15, 0.2) is 5.16 Å². The second-order valence-electron chi connectivity index (χ2n) is 7.59. The number of carbonyl (C=O) groups excluding carboxylic acids is 1. The number of methoxy groups -OCH3 is 1. The van der Waals surface area contributed by atoms with Gasteiger partial charge in [0.05, 0.1) is 29.1 Å². The number of para-hydroxylation sites is 1. The van der Waals surface area contributed by atoms with Crippen molar-refractivity contribution in [3.8, 4) is 11.4 Å². The molecular formula is C23H23N5O2S2. The van der Waals surface area contributed by atoms with E-state index in [0.717, 1.165) is 47.8 Å². The SMILES string of the molecule is COc1ccc(-n2cnnc2SCC(=O)N2CCCCC2c2nc3ccccc3s2)cc1. The molecule has 1 amide bonds. The second kappa shape index (κ2) is 9.30. The molecule has 1 saturated heterocycles. The van der Waals surface area contributed by atoms with Crippen LogP contribution in [-0.2, 0) is 4.79 Å². The van der Waals surface area contributed by atoms with Crippen molar-refractivity contribution in [1.29, 1.82) is 0 Å². The van der Waals surface area contributed by atoms with E-state index in [1.807, 2.05) is 51.9 Å². The summed E-state index contributed by atoms with van der Waals surface area (Å²) in [5.74, 6) is 1.22. The fraction of sp³-hybridized carbons (Fsp3) is 0.304. The molecule has 3 heterocycles. The average Bonchev–Trinajstić information content (AvgIpc) is 3.49. The van der Waals surface area contributed by atoms with Crippen LogP contribution in [0.15, 0.2) is 60.0 Å². The van der Waals surface area contributed by atoms with Gasteiger partial charge in [0.2, 0.25) is 5.91 Å². The molecule has 7 nitrogen and oxygen atoms in total. The summed E-state index contributed by atoms with van der Waals surface area (Å²) in [6.07, 6.45) is 4.76. The minimum atomic E-state index is 0.0497. The molecule has 0 bridgehead atoms. The summed E-state index contributed by atoms with van der Waals surface area (Å²) >= 11 is 3.11. The highest BCUT2D eigenvalue weighted by atomic mass is 32.2. The molecular weight excluding hydrogens is 442 g/mol. The van der Waals surface area contributed by atoms with Crippen LogP contribution in [0.1, 0.15) is 30.3 Å². The molecule has 2 aromatic carbocycles. The second-order valence-corrected chi connectivity index (χ2v) is 9.59. The van der Waals surface area contributed by atoms with Crippen LogP contribution < -0.4 is 4.74 Å². The van der Waals surface area contributed by atoms with Crippen molar-refractivity contribution in [2.24, 2.45) is 0 Å². The van der Waals surface area contributed by atoms with Crippen LogP contribution in [0.2, 0.25) is 0 Å². The number of benzene rings is 2. The molecule has 2 aromatic heterocycles. The maximum absolute atomic E-state index is 13.2. The molecule has 0 aliphatic carbocycles. The number of amides is 1. The summed E-state index contributed by atoms with van der Waals surface area (Å²) in [5.41, 5.74) is 1.93. The number of fused-ring (bicyclic) bond motifs is 1. The molecule has 0 radical (unpaired) electrons. The number of thioether (sulfide) groups is 1. The smallest absolute Gasteiger partial charge is 0.233 e. The summed E-state index contributed by atoms with van der Waals surface area (Å²) in [6, 6.07) is 15.9. The minimum Gasteiger partial charge on any atom is -0.497 e. The first-order chi connectivity index (χ1) is 15.7. The Kier molecular flexibility index (Phi) is 6.09. The molecule has 5 rings (SSSR count).